The molecule has 3 N–H and O–H groups in total. The van der Waals surface area contributed by atoms with Gasteiger partial charge in [-0.05, 0) is 13.3 Å². The molecule has 0 aliphatic carbocycles. The standard InChI is InChI=1S/C17H26N2O6/c1-5-6-15(20)11(2)17(21)19-14-8-12(24-9-22-3)7-13(18)16(14)25-10-23-4/h7-8,11H,5-6,9-10,18H2,1-4H3,(H,19,21). The summed E-state index contributed by atoms with van der Waals surface area (Å²) in [6, 6.07) is 3.10. The van der Waals surface area contributed by atoms with Crippen LogP contribution in [0.3, 0.4) is 0 Å². The number of hydrogen-bond acceptors (Lipinski definition) is 7. The summed E-state index contributed by atoms with van der Waals surface area (Å²) < 4.78 is 20.5. The number of nitrogens with one attached hydrogen (secondary N) is 1. The van der Waals surface area contributed by atoms with E-state index >= 15 is 0 Å². The van der Waals surface area contributed by atoms with Gasteiger partial charge in [0.15, 0.2) is 19.3 Å². The van der Waals surface area contributed by atoms with Crippen LogP contribution in [-0.2, 0) is 19.1 Å². The third-order valence-corrected chi connectivity index (χ3v) is 3.39. The van der Waals surface area contributed by atoms with Crippen molar-refractivity contribution in [1.29, 1.82) is 0 Å². The van der Waals surface area contributed by atoms with E-state index in [1.54, 1.807) is 19.1 Å². The van der Waals surface area contributed by atoms with E-state index < -0.39 is 11.8 Å². The molecule has 140 valence electrons. The lowest BCUT2D eigenvalue weighted by molar-refractivity contribution is -0.130. The van der Waals surface area contributed by atoms with E-state index in [-0.39, 0.29) is 30.8 Å². The van der Waals surface area contributed by atoms with E-state index in [2.05, 4.69) is 5.32 Å². The second-order valence-corrected chi connectivity index (χ2v) is 5.42. The Labute approximate surface area is 147 Å². The molecule has 1 unspecified atom stereocenters. The van der Waals surface area contributed by atoms with Crippen LogP contribution in [0.2, 0.25) is 0 Å². The minimum absolute atomic E-state index is 0.0243. The SMILES string of the molecule is CCCC(=O)C(C)C(=O)Nc1cc(OCOC)cc(N)c1OCOC. The van der Waals surface area contributed by atoms with E-state index in [1.165, 1.54) is 14.2 Å². The first-order chi connectivity index (χ1) is 11.9. The predicted octanol–water partition coefficient (Wildman–Crippen LogP) is 2.18. The van der Waals surface area contributed by atoms with Crippen LogP contribution in [0.15, 0.2) is 12.1 Å². The van der Waals surface area contributed by atoms with Crippen LogP contribution in [0.1, 0.15) is 26.7 Å². The molecule has 0 aliphatic heterocycles. The maximum Gasteiger partial charge on any atom is 0.234 e. The van der Waals surface area contributed by atoms with Gasteiger partial charge in [0.25, 0.3) is 0 Å². The Bertz CT molecular complexity index is 591. The molecule has 0 heterocycles. The van der Waals surface area contributed by atoms with E-state index in [0.717, 1.165) is 0 Å². The molecule has 8 nitrogen and oxygen atoms in total. The highest BCUT2D eigenvalue weighted by atomic mass is 16.7. The minimum atomic E-state index is -0.778. The summed E-state index contributed by atoms with van der Waals surface area (Å²) in [6.07, 6.45) is 1.03. The molecule has 1 atom stereocenters. The molecule has 0 bridgehead atoms. The quantitative estimate of drug-likeness (QED) is 0.356. The fourth-order valence-electron chi connectivity index (χ4n) is 2.06. The monoisotopic (exact) mass is 354 g/mol. The summed E-state index contributed by atoms with van der Waals surface area (Å²) in [5.74, 6) is -0.704. The number of amides is 1. The Morgan fingerprint density at radius 1 is 1.16 bits per heavy atom. The molecule has 25 heavy (non-hydrogen) atoms. The van der Waals surface area contributed by atoms with Crippen LogP contribution in [0.5, 0.6) is 11.5 Å². The van der Waals surface area contributed by atoms with Crippen molar-refractivity contribution in [2.75, 3.05) is 38.9 Å². The minimum Gasteiger partial charge on any atom is -0.467 e. The largest absolute Gasteiger partial charge is 0.467 e. The highest BCUT2D eigenvalue weighted by Gasteiger charge is 2.22. The van der Waals surface area contributed by atoms with Gasteiger partial charge in [-0.3, -0.25) is 9.59 Å². The van der Waals surface area contributed by atoms with Crippen molar-refractivity contribution in [1.82, 2.24) is 0 Å². The lowest BCUT2D eigenvalue weighted by Gasteiger charge is -2.17. The number of benzene rings is 1. The molecule has 0 aliphatic rings. The number of nitrogens with two attached hydrogens (primary N) is 1. The van der Waals surface area contributed by atoms with Crippen molar-refractivity contribution in [3.63, 3.8) is 0 Å². The van der Waals surface area contributed by atoms with E-state index in [1.807, 2.05) is 6.92 Å². The average molecular weight is 354 g/mol. The van der Waals surface area contributed by atoms with Crippen molar-refractivity contribution in [2.45, 2.75) is 26.7 Å². The number of nitrogen functional groups attached to an aromatic ring is 1. The number of methoxy groups -OCH3 is 2. The van der Waals surface area contributed by atoms with E-state index in [9.17, 15) is 9.59 Å². The van der Waals surface area contributed by atoms with Crippen LogP contribution in [-0.4, -0.2) is 39.5 Å². The Balaban J connectivity index is 3.05. The molecule has 1 rings (SSSR count). The number of carbonyl (C=O) groups is 2. The van der Waals surface area contributed by atoms with Crippen molar-refractivity contribution in [3.8, 4) is 11.5 Å². The summed E-state index contributed by atoms with van der Waals surface area (Å²) in [7, 11) is 2.96. The summed E-state index contributed by atoms with van der Waals surface area (Å²) >= 11 is 0. The second kappa shape index (κ2) is 10.5. The maximum absolute atomic E-state index is 12.4. The summed E-state index contributed by atoms with van der Waals surface area (Å²) in [5, 5.41) is 2.68. The topological polar surface area (TPSA) is 109 Å². The lowest BCUT2D eigenvalue weighted by atomic mass is 10.0. The first-order valence-corrected chi connectivity index (χ1v) is 7.95. The fraction of sp³-hybridized carbons (Fsp3) is 0.529. The predicted molar refractivity (Wildman–Crippen MR) is 93.6 cm³/mol. The van der Waals surface area contributed by atoms with Gasteiger partial charge in [-0.1, -0.05) is 6.92 Å². The summed E-state index contributed by atoms with van der Waals surface area (Å²) in [5.41, 5.74) is 6.53. The number of Topliss-reactive ketones (excluding diaryl/α,β-unsaturated/α-hetero) is 1. The Kier molecular flexibility index (Phi) is 8.73. The van der Waals surface area contributed by atoms with Crippen molar-refractivity contribution >= 4 is 23.1 Å². The van der Waals surface area contributed by atoms with Crippen LogP contribution in [0, 0.1) is 5.92 Å². The molecule has 0 spiro atoms. The van der Waals surface area contributed by atoms with Crippen molar-refractivity contribution in [2.24, 2.45) is 5.92 Å². The smallest absolute Gasteiger partial charge is 0.234 e. The molecular weight excluding hydrogens is 328 g/mol. The van der Waals surface area contributed by atoms with Gasteiger partial charge in [0, 0.05) is 32.8 Å². The van der Waals surface area contributed by atoms with Gasteiger partial charge in [-0.25, -0.2) is 0 Å². The van der Waals surface area contributed by atoms with Crippen LogP contribution in [0.4, 0.5) is 11.4 Å². The van der Waals surface area contributed by atoms with E-state index in [0.29, 0.717) is 24.3 Å². The number of carbonyl (C=O) groups excluding carboxylic acids is 2. The van der Waals surface area contributed by atoms with Crippen molar-refractivity contribution < 1.29 is 28.5 Å². The zero-order valence-corrected chi connectivity index (χ0v) is 15.1. The van der Waals surface area contributed by atoms with Gasteiger partial charge >= 0.3 is 0 Å². The molecule has 0 saturated carbocycles. The van der Waals surface area contributed by atoms with E-state index in [4.69, 9.17) is 24.7 Å². The molecule has 0 radical (unpaired) electrons. The van der Waals surface area contributed by atoms with Crippen LogP contribution < -0.4 is 20.5 Å². The Morgan fingerprint density at radius 3 is 2.40 bits per heavy atom. The molecule has 8 heteroatoms. The van der Waals surface area contributed by atoms with Crippen molar-refractivity contribution in [3.05, 3.63) is 12.1 Å². The molecule has 1 aromatic rings. The lowest BCUT2D eigenvalue weighted by Crippen LogP contribution is -2.27. The third kappa shape index (κ3) is 6.24. The number of anilines is 2. The third-order valence-electron chi connectivity index (χ3n) is 3.39. The van der Waals surface area contributed by atoms with Crippen LogP contribution >= 0.6 is 0 Å². The van der Waals surface area contributed by atoms with Gasteiger partial charge in [0.1, 0.15) is 11.5 Å². The first-order valence-electron chi connectivity index (χ1n) is 7.95. The van der Waals surface area contributed by atoms with Gasteiger partial charge in [0.05, 0.1) is 17.3 Å². The normalized spacial score (nSPS) is 11.7. The van der Waals surface area contributed by atoms with Gasteiger partial charge < -0.3 is 30.0 Å². The summed E-state index contributed by atoms with van der Waals surface area (Å²) in [6.45, 7) is 3.43. The Hall–Kier alpha value is -2.32. The van der Waals surface area contributed by atoms with Crippen LogP contribution in [0.25, 0.3) is 0 Å². The maximum atomic E-state index is 12.4. The van der Waals surface area contributed by atoms with Gasteiger partial charge in [-0.2, -0.15) is 0 Å². The number of hydrogen-bond donors (Lipinski definition) is 2. The number of rotatable bonds is 11. The first kappa shape index (κ1) is 20.7. The molecule has 0 fully saturated rings. The highest BCUT2D eigenvalue weighted by molar-refractivity contribution is 6.07. The fourth-order valence-corrected chi connectivity index (χ4v) is 2.06. The molecule has 0 aromatic heterocycles. The Morgan fingerprint density at radius 2 is 1.80 bits per heavy atom. The zero-order chi connectivity index (χ0) is 18.8. The van der Waals surface area contributed by atoms with Gasteiger partial charge in [0.2, 0.25) is 5.91 Å². The number of ketones is 1. The van der Waals surface area contributed by atoms with Gasteiger partial charge in [-0.15, -0.1) is 0 Å². The molecule has 1 aromatic carbocycles. The number of ether oxygens (including phenoxy) is 4. The summed E-state index contributed by atoms with van der Waals surface area (Å²) in [4.78, 5) is 24.3. The highest BCUT2D eigenvalue weighted by Crippen LogP contribution is 2.36. The zero-order valence-electron chi connectivity index (χ0n) is 15.1. The molecule has 1 amide bonds. The average Bonchev–Trinajstić information content (AvgIpc) is 2.58. The second-order valence-electron chi connectivity index (χ2n) is 5.42. The molecule has 0 saturated heterocycles. The molecular formula is C17H26N2O6.